The van der Waals surface area contributed by atoms with Crippen molar-refractivity contribution in [3.8, 4) is 17.4 Å². The van der Waals surface area contributed by atoms with Crippen LogP contribution in [0.2, 0.25) is 0 Å². The molecule has 1 aromatic heterocycles. The number of amides is 1. The van der Waals surface area contributed by atoms with Gasteiger partial charge in [0.25, 0.3) is 5.91 Å². The van der Waals surface area contributed by atoms with E-state index in [1.54, 1.807) is 22.8 Å². The van der Waals surface area contributed by atoms with Crippen molar-refractivity contribution in [3.05, 3.63) is 48.0 Å². The second kappa shape index (κ2) is 8.56. The van der Waals surface area contributed by atoms with Crippen molar-refractivity contribution in [2.75, 3.05) is 14.2 Å². The van der Waals surface area contributed by atoms with Crippen LogP contribution in [0.25, 0.3) is 10.9 Å². The zero-order valence-electron chi connectivity index (χ0n) is 16.2. The Morgan fingerprint density at radius 3 is 2.43 bits per heavy atom. The Kier molecular flexibility index (Phi) is 5.93. The fraction of sp³-hybridized carbons (Fsp3) is 0.286. The number of carbonyl (C=O) groups excluding carboxylic acids is 1. The molecule has 3 aromatic rings. The second-order valence-electron chi connectivity index (χ2n) is 6.30. The van der Waals surface area contributed by atoms with Crippen molar-refractivity contribution in [1.82, 2.24) is 4.57 Å². The minimum Gasteiger partial charge on any atom is -0.497 e. The van der Waals surface area contributed by atoms with Crippen molar-refractivity contribution in [1.29, 1.82) is 0 Å². The first-order chi connectivity index (χ1) is 13.6. The Labute approximate surface area is 163 Å². The van der Waals surface area contributed by atoms with Gasteiger partial charge in [-0.25, -0.2) is 0 Å². The number of methoxy groups -OCH3 is 2. The maximum atomic E-state index is 12.5. The van der Waals surface area contributed by atoms with E-state index in [-0.39, 0.29) is 17.1 Å². The third-order valence-electron chi connectivity index (χ3n) is 4.49. The summed E-state index contributed by atoms with van der Waals surface area (Å²) in [5.74, 6) is 0.422. The monoisotopic (exact) mass is 381 g/mol. The van der Waals surface area contributed by atoms with Crippen molar-refractivity contribution < 1.29 is 19.4 Å². The van der Waals surface area contributed by atoms with Crippen LogP contribution in [0.4, 0.5) is 5.69 Å². The van der Waals surface area contributed by atoms with Crippen LogP contribution < -0.4 is 9.47 Å². The number of aryl methyl sites for hydroxylation is 1. The number of carbonyl (C=O) groups is 1. The van der Waals surface area contributed by atoms with Crippen molar-refractivity contribution in [2.24, 2.45) is 10.2 Å². The van der Waals surface area contributed by atoms with Gasteiger partial charge >= 0.3 is 0 Å². The second-order valence-corrected chi connectivity index (χ2v) is 6.30. The topological polar surface area (TPSA) is 85.4 Å². The normalized spacial score (nSPS) is 11.2. The van der Waals surface area contributed by atoms with Crippen molar-refractivity contribution in [3.63, 3.8) is 0 Å². The molecule has 1 heterocycles. The summed E-state index contributed by atoms with van der Waals surface area (Å²) in [4.78, 5) is 12.5. The molecule has 0 saturated heterocycles. The summed E-state index contributed by atoms with van der Waals surface area (Å²) in [5.41, 5.74) is 1.43. The molecule has 0 spiro atoms. The van der Waals surface area contributed by atoms with E-state index in [0.717, 1.165) is 23.7 Å². The molecule has 0 fully saturated rings. The van der Waals surface area contributed by atoms with E-state index in [1.807, 2.05) is 24.3 Å². The van der Waals surface area contributed by atoms with Crippen LogP contribution in [0.15, 0.2) is 52.7 Å². The summed E-state index contributed by atoms with van der Waals surface area (Å²) in [7, 11) is 3.02. The maximum Gasteiger partial charge on any atom is 0.295 e. The Balaban J connectivity index is 1.97. The fourth-order valence-corrected chi connectivity index (χ4v) is 3.00. The number of fused-ring (bicyclic) bond motifs is 1. The van der Waals surface area contributed by atoms with Gasteiger partial charge in [-0.3, -0.25) is 4.79 Å². The highest BCUT2D eigenvalue weighted by Gasteiger charge is 2.17. The summed E-state index contributed by atoms with van der Waals surface area (Å²) < 4.78 is 12.2. The van der Waals surface area contributed by atoms with Gasteiger partial charge < -0.3 is 19.1 Å². The first-order valence-electron chi connectivity index (χ1n) is 9.08. The lowest BCUT2D eigenvalue weighted by Crippen LogP contribution is -1.97. The smallest absolute Gasteiger partial charge is 0.295 e. The highest BCUT2D eigenvalue weighted by atomic mass is 16.5. The predicted molar refractivity (Wildman–Crippen MR) is 107 cm³/mol. The number of unbranched alkanes of at least 4 members (excludes halogenated alkanes) is 1. The minimum absolute atomic E-state index is 0.00872. The van der Waals surface area contributed by atoms with E-state index in [2.05, 4.69) is 17.2 Å². The SMILES string of the molecule is CCCCn1c(O)c(N=NC(=O)c2cc(OC)cc(OC)c2)c2ccccc21. The first kappa shape index (κ1) is 19.4. The van der Waals surface area contributed by atoms with Gasteiger partial charge in [0.05, 0.1) is 25.3 Å². The lowest BCUT2D eigenvalue weighted by atomic mass is 10.2. The molecule has 2 aromatic carbocycles. The molecule has 1 N–H and O–H groups in total. The molecule has 0 aliphatic rings. The largest absolute Gasteiger partial charge is 0.497 e. The molecule has 7 heteroatoms. The van der Waals surface area contributed by atoms with E-state index < -0.39 is 5.91 Å². The number of benzene rings is 2. The van der Waals surface area contributed by atoms with Crippen molar-refractivity contribution in [2.45, 2.75) is 26.3 Å². The third-order valence-corrected chi connectivity index (χ3v) is 4.49. The van der Waals surface area contributed by atoms with E-state index in [9.17, 15) is 9.90 Å². The van der Waals surface area contributed by atoms with E-state index in [4.69, 9.17) is 9.47 Å². The van der Waals surface area contributed by atoms with Crippen LogP contribution in [0.5, 0.6) is 17.4 Å². The molecular weight excluding hydrogens is 358 g/mol. The summed E-state index contributed by atoms with van der Waals surface area (Å²) in [6, 6.07) is 12.3. The molecule has 0 bridgehead atoms. The van der Waals surface area contributed by atoms with Crippen LogP contribution in [0, 0.1) is 0 Å². The number of ether oxygens (including phenoxy) is 2. The Morgan fingerprint density at radius 2 is 1.79 bits per heavy atom. The molecule has 0 aliphatic carbocycles. The van der Waals surface area contributed by atoms with Crippen LogP contribution in [-0.2, 0) is 6.54 Å². The highest BCUT2D eigenvalue weighted by Crippen LogP contribution is 2.39. The maximum absolute atomic E-state index is 12.5. The molecule has 0 radical (unpaired) electrons. The first-order valence-corrected chi connectivity index (χ1v) is 9.08. The third kappa shape index (κ3) is 3.83. The average Bonchev–Trinajstić information content (AvgIpc) is 3.00. The molecule has 0 aliphatic heterocycles. The number of hydrogen-bond donors (Lipinski definition) is 1. The van der Waals surface area contributed by atoms with E-state index in [0.29, 0.717) is 18.0 Å². The molecule has 28 heavy (non-hydrogen) atoms. The number of rotatable bonds is 7. The van der Waals surface area contributed by atoms with Gasteiger partial charge in [0.2, 0.25) is 5.88 Å². The molecule has 7 nitrogen and oxygen atoms in total. The zero-order valence-corrected chi connectivity index (χ0v) is 16.2. The number of para-hydroxylation sites is 1. The summed E-state index contributed by atoms with van der Waals surface area (Å²) in [5, 5.41) is 19.3. The standard InChI is InChI=1S/C21H23N3O4/c1-4-5-10-24-18-9-7-6-8-17(18)19(21(24)26)22-23-20(25)14-11-15(27-2)13-16(12-14)28-3/h6-9,11-13,26H,4-5,10H2,1-3H3. The average molecular weight is 381 g/mol. The highest BCUT2D eigenvalue weighted by molar-refractivity contribution is 5.97. The van der Waals surface area contributed by atoms with Gasteiger partial charge in [-0.15, -0.1) is 10.2 Å². The van der Waals surface area contributed by atoms with Gasteiger partial charge in [0, 0.05) is 18.0 Å². The minimum atomic E-state index is -0.554. The van der Waals surface area contributed by atoms with Gasteiger partial charge in [-0.05, 0) is 24.6 Å². The van der Waals surface area contributed by atoms with E-state index >= 15 is 0 Å². The van der Waals surface area contributed by atoms with Crippen LogP contribution in [0.1, 0.15) is 30.1 Å². The molecule has 3 rings (SSSR count). The molecular formula is C21H23N3O4. The summed E-state index contributed by atoms with van der Waals surface area (Å²) in [6.07, 6.45) is 1.92. The van der Waals surface area contributed by atoms with Crippen molar-refractivity contribution >= 4 is 22.5 Å². The number of nitrogens with zero attached hydrogens (tertiary/aromatic N) is 3. The quantitative estimate of drug-likeness (QED) is 0.578. The molecule has 0 unspecified atom stereocenters. The van der Waals surface area contributed by atoms with Gasteiger partial charge in [0.1, 0.15) is 11.5 Å². The van der Waals surface area contributed by atoms with Gasteiger partial charge in [0.15, 0.2) is 5.69 Å². The van der Waals surface area contributed by atoms with Crippen LogP contribution >= 0.6 is 0 Å². The van der Waals surface area contributed by atoms with E-state index in [1.165, 1.54) is 14.2 Å². The molecule has 1 amide bonds. The van der Waals surface area contributed by atoms with Crippen LogP contribution in [0.3, 0.4) is 0 Å². The number of hydrogen-bond acceptors (Lipinski definition) is 5. The van der Waals surface area contributed by atoms with Gasteiger partial charge in [-0.1, -0.05) is 31.5 Å². The zero-order chi connectivity index (χ0) is 20.1. The summed E-state index contributed by atoms with van der Waals surface area (Å²) in [6.45, 7) is 2.75. The van der Waals surface area contributed by atoms with Crippen LogP contribution in [-0.4, -0.2) is 29.8 Å². The lowest BCUT2D eigenvalue weighted by molar-refractivity contribution is 0.0994. The fourth-order valence-electron chi connectivity index (χ4n) is 3.00. The Hall–Kier alpha value is -3.35. The molecule has 0 atom stereocenters. The predicted octanol–water partition coefficient (Wildman–Crippen LogP) is 5.09. The lowest BCUT2D eigenvalue weighted by Gasteiger charge is -2.05. The molecule has 146 valence electrons. The Bertz CT molecular complexity index is 1000. The van der Waals surface area contributed by atoms with Gasteiger partial charge in [-0.2, -0.15) is 0 Å². The number of azo groups is 1. The summed E-state index contributed by atoms with van der Waals surface area (Å²) >= 11 is 0. The molecule has 0 saturated carbocycles. The Morgan fingerprint density at radius 1 is 1.11 bits per heavy atom. The number of aromatic nitrogens is 1. The number of aromatic hydroxyl groups is 1.